The number of fused-ring (bicyclic) bond motifs is 1. The van der Waals surface area contributed by atoms with Crippen LogP contribution in [0.2, 0.25) is 0 Å². The summed E-state index contributed by atoms with van der Waals surface area (Å²) in [6.45, 7) is 4.13. The number of carbonyl (C=O) groups excluding carboxylic acids is 3. The minimum absolute atomic E-state index is 0.0251. The van der Waals surface area contributed by atoms with Crippen LogP contribution in [-0.4, -0.2) is 77.8 Å². The van der Waals surface area contributed by atoms with Gasteiger partial charge in [0, 0.05) is 0 Å². The maximum absolute atomic E-state index is 12.4. The van der Waals surface area contributed by atoms with Crippen LogP contribution in [0.4, 0.5) is 20.2 Å². The number of hydrogen-bond acceptors (Lipinski definition) is 14. The first kappa shape index (κ1) is 26.3. The third kappa shape index (κ3) is 5.18. The van der Waals surface area contributed by atoms with Crippen molar-refractivity contribution >= 4 is 29.8 Å². The van der Waals surface area contributed by atoms with E-state index >= 15 is 0 Å². The lowest BCUT2D eigenvalue weighted by atomic mass is 9.92. The molecule has 0 aliphatic carbocycles. The van der Waals surface area contributed by atoms with Crippen LogP contribution in [0.5, 0.6) is 0 Å². The molecule has 1 saturated heterocycles. The van der Waals surface area contributed by atoms with Crippen molar-refractivity contribution in [3.63, 3.8) is 0 Å². The van der Waals surface area contributed by atoms with Crippen LogP contribution in [0.1, 0.15) is 26.5 Å². The van der Waals surface area contributed by atoms with Gasteiger partial charge in [-0.25, -0.2) is 23.9 Å². The molecule has 1 aliphatic rings. The molecule has 15 heteroatoms. The SMILES string of the molecule is CCOC(=O)OC[C@H]1O[C@@](C#N)(c2ccc3c(N)ncnn23)[C@H](OC(=O)OCC)[C@@H]1OC(=O)OCC. The highest BCUT2D eigenvalue weighted by atomic mass is 16.8. The number of nitrogens with two attached hydrogens (primary N) is 1. The van der Waals surface area contributed by atoms with Crippen molar-refractivity contribution in [1.82, 2.24) is 14.6 Å². The fourth-order valence-corrected chi connectivity index (χ4v) is 3.63. The average molecular weight is 507 g/mol. The normalized spacial score (nSPS) is 22.9. The lowest BCUT2D eigenvalue weighted by Gasteiger charge is -2.28. The van der Waals surface area contributed by atoms with Gasteiger partial charge in [-0.15, -0.1) is 0 Å². The quantitative estimate of drug-likeness (QED) is 0.400. The zero-order valence-corrected chi connectivity index (χ0v) is 19.7. The molecule has 2 N–H and O–H groups in total. The zero-order chi connectivity index (χ0) is 26.3. The van der Waals surface area contributed by atoms with E-state index in [4.69, 9.17) is 38.9 Å². The van der Waals surface area contributed by atoms with Crippen molar-refractivity contribution in [3.05, 3.63) is 24.2 Å². The predicted molar refractivity (Wildman–Crippen MR) is 116 cm³/mol. The third-order valence-corrected chi connectivity index (χ3v) is 5.04. The second kappa shape index (κ2) is 11.4. The Morgan fingerprint density at radius 1 is 1.06 bits per heavy atom. The third-order valence-electron chi connectivity index (χ3n) is 5.04. The molecular weight excluding hydrogens is 482 g/mol. The number of carbonyl (C=O) groups is 3. The van der Waals surface area contributed by atoms with E-state index in [1.807, 2.05) is 6.07 Å². The molecule has 0 amide bonds. The van der Waals surface area contributed by atoms with E-state index in [1.54, 1.807) is 20.8 Å². The van der Waals surface area contributed by atoms with Gasteiger partial charge in [-0.2, -0.15) is 10.4 Å². The minimum atomic E-state index is -2.13. The van der Waals surface area contributed by atoms with Gasteiger partial charge in [0.15, 0.2) is 18.0 Å². The van der Waals surface area contributed by atoms with Crippen molar-refractivity contribution in [3.8, 4) is 6.07 Å². The van der Waals surface area contributed by atoms with Gasteiger partial charge < -0.3 is 38.9 Å². The smallest absolute Gasteiger partial charge is 0.435 e. The average Bonchev–Trinajstić information content (AvgIpc) is 3.40. The Morgan fingerprint density at radius 3 is 2.33 bits per heavy atom. The van der Waals surface area contributed by atoms with Gasteiger partial charge in [0.2, 0.25) is 5.60 Å². The van der Waals surface area contributed by atoms with E-state index < -0.39 is 49.0 Å². The second-order valence-corrected chi connectivity index (χ2v) is 7.15. The zero-order valence-electron chi connectivity index (χ0n) is 19.7. The number of rotatable bonds is 8. The molecule has 36 heavy (non-hydrogen) atoms. The largest absolute Gasteiger partial charge is 0.508 e. The van der Waals surface area contributed by atoms with Crippen molar-refractivity contribution in [2.24, 2.45) is 0 Å². The van der Waals surface area contributed by atoms with Gasteiger partial charge in [0.1, 0.15) is 30.6 Å². The van der Waals surface area contributed by atoms with Gasteiger partial charge in [-0.1, -0.05) is 0 Å². The number of hydrogen-bond donors (Lipinski definition) is 1. The first-order valence-electron chi connectivity index (χ1n) is 10.9. The second-order valence-electron chi connectivity index (χ2n) is 7.15. The monoisotopic (exact) mass is 507 g/mol. The molecule has 15 nitrogen and oxygen atoms in total. The van der Waals surface area contributed by atoms with Crippen LogP contribution >= 0.6 is 0 Å². The molecule has 3 rings (SSSR count). The minimum Gasteiger partial charge on any atom is -0.435 e. The first-order chi connectivity index (χ1) is 17.3. The number of nitriles is 1. The molecule has 0 bridgehead atoms. The Labute approximate surface area is 204 Å². The Balaban J connectivity index is 2.11. The van der Waals surface area contributed by atoms with Crippen LogP contribution in [0, 0.1) is 11.3 Å². The Hall–Kier alpha value is -4.32. The summed E-state index contributed by atoms with van der Waals surface area (Å²) in [6.07, 6.45) is -6.57. The van der Waals surface area contributed by atoms with Gasteiger partial charge in [0.25, 0.3) is 0 Å². The molecule has 0 unspecified atom stereocenters. The fraction of sp³-hybridized carbons (Fsp3) is 0.524. The molecule has 1 aliphatic heterocycles. The molecule has 2 aromatic heterocycles. The topological polar surface area (TPSA) is 196 Å². The number of nitrogens with zero attached hydrogens (tertiary/aromatic N) is 4. The Bertz CT molecular complexity index is 1150. The summed E-state index contributed by atoms with van der Waals surface area (Å²) in [6, 6.07) is 4.97. The van der Waals surface area contributed by atoms with Crippen molar-refractivity contribution in [1.29, 1.82) is 5.26 Å². The van der Waals surface area contributed by atoms with Gasteiger partial charge >= 0.3 is 18.5 Å². The summed E-state index contributed by atoms with van der Waals surface area (Å²) in [5.74, 6) is 0.103. The maximum Gasteiger partial charge on any atom is 0.508 e. The molecule has 194 valence electrons. The van der Waals surface area contributed by atoms with E-state index in [0.717, 1.165) is 6.33 Å². The highest BCUT2D eigenvalue weighted by Gasteiger charge is 2.63. The molecule has 0 aromatic carbocycles. The molecule has 3 heterocycles. The predicted octanol–water partition coefficient (Wildman–Crippen LogP) is 1.69. The lowest BCUT2D eigenvalue weighted by Crippen LogP contribution is -2.46. The summed E-state index contributed by atoms with van der Waals surface area (Å²) < 4.78 is 37.6. The highest BCUT2D eigenvalue weighted by molar-refractivity contribution is 5.67. The maximum atomic E-state index is 12.4. The molecule has 0 spiro atoms. The standard InChI is InChI=1S/C21H25N5O10/c1-4-30-18(27)33-9-13-15(34-19(28)31-5-2)16(35-20(29)32-6-3)21(10-22,36-13)14-8-7-12-17(23)24-11-25-26(12)14/h7-8,11,13,15-16H,4-6,9H2,1-3H3,(H2,23,24,25)/t13-,15-,16-,21+/m1/s1. The van der Waals surface area contributed by atoms with Crippen molar-refractivity contribution < 1.29 is 47.5 Å². The van der Waals surface area contributed by atoms with Crippen LogP contribution in [0.25, 0.3) is 5.52 Å². The summed E-state index contributed by atoms with van der Waals surface area (Å²) in [7, 11) is 0. The van der Waals surface area contributed by atoms with E-state index in [1.165, 1.54) is 16.6 Å². The van der Waals surface area contributed by atoms with Crippen molar-refractivity contribution in [2.45, 2.75) is 44.7 Å². The van der Waals surface area contributed by atoms with E-state index in [9.17, 15) is 19.6 Å². The molecule has 2 aromatic rings. The van der Waals surface area contributed by atoms with Crippen LogP contribution in [0.15, 0.2) is 18.5 Å². The van der Waals surface area contributed by atoms with Crippen LogP contribution in [0.3, 0.4) is 0 Å². The van der Waals surface area contributed by atoms with Gasteiger partial charge in [-0.05, 0) is 32.9 Å². The van der Waals surface area contributed by atoms with E-state index in [0.29, 0.717) is 5.52 Å². The Morgan fingerprint density at radius 2 is 1.69 bits per heavy atom. The molecule has 4 atom stereocenters. The molecule has 0 saturated carbocycles. The lowest BCUT2D eigenvalue weighted by molar-refractivity contribution is -0.0793. The first-order valence-corrected chi connectivity index (χ1v) is 10.9. The number of anilines is 1. The molecular formula is C21H25N5O10. The number of nitrogen functional groups attached to an aromatic ring is 1. The summed E-state index contributed by atoms with van der Waals surface area (Å²) in [5.41, 5.74) is 4.18. The van der Waals surface area contributed by atoms with E-state index in [2.05, 4.69) is 10.1 Å². The van der Waals surface area contributed by atoms with Gasteiger partial charge in [-0.3, -0.25) is 0 Å². The molecule has 0 radical (unpaired) electrons. The summed E-state index contributed by atoms with van der Waals surface area (Å²) >= 11 is 0. The van der Waals surface area contributed by atoms with E-state index in [-0.39, 0.29) is 31.3 Å². The summed E-state index contributed by atoms with van der Waals surface area (Å²) in [5, 5.41) is 14.5. The Kier molecular flexibility index (Phi) is 8.33. The van der Waals surface area contributed by atoms with Crippen LogP contribution in [-0.2, 0) is 38.8 Å². The van der Waals surface area contributed by atoms with Crippen LogP contribution < -0.4 is 5.73 Å². The molecule has 1 fully saturated rings. The number of aromatic nitrogens is 3. The number of ether oxygens (including phenoxy) is 7. The fourth-order valence-electron chi connectivity index (χ4n) is 3.63. The van der Waals surface area contributed by atoms with Crippen molar-refractivity contribution in [2.75, 3.05) is 32.2 Å². The van der Waals surface area contributed by atoms with Gasteiger partial charge in [0.05, 0.1) is 25.5 Å². The summed E-state index contributed by atoms with van der Waals surface area (Å²) in [4.78, 5) is 40.3. The highest BCUT2D eigenvalue weighted by Crippen LogP contribution is 2.43.